The van der Waals surface area contributed by atoms with Crippen molar-refractivity contribution in [3.63, 3.8) is 0 Å². The molecule has 32 heavy (non-hydrogen) atoms. The lowest BCUT2D eigenvalue weighted by atomic mass is 10.1. The van der Waals surface area contributed by atoms with Gasteiger partial charge in [0.1, 0.15) is 11.5 Å². The second-order valence-corrected chi connectivity index (χ2v) is 8.31. The van der Waals surface area contributed by atoms with Crippen LogP contribution in [0, 0.1) is 0 Å². The molecule has 3 aromatic rings. The van der Waals surface area contributed by atoms with Crippen molar-refractivity contribution < 1.29 is 27.4 Å². The van der Waals surface area contributed by atoms with Crippen molar-refractivity contribution in [2.45, 2.75) is 6.92 Å². The third-order valence-corrected chi connectivity index (χ3v) is 5.47. The summed E-state index contributed by atoms with van der Waals surface area (Å²) in [6, 6.07) is 16.0. The Morgan fingerprint density at radius 2 is 1.34 bits per heavy atom. The van der Waals surface area contributed by atoms with Gasteiger partial charge in [-0.15, -0.1) is 0 Å². The minimum absolute atomic E-state index is 0.0828. The van der Waals surface area contributed by atoms with Crippen LogP contribution in [0.15, 0.2) is 54.6 Å². The predicted octanol–water partition coefficient (Wildman–Crippen LogP) is 3.13. The summed E-state index contributed by atoms with van der Waals surface area (Å²) in [5, 5.41) is 0. The van der Waals surface area contributed by atoms with Crippen LogP contribution in [0.1, 0.15) is 6.92 Å². The molecular weight excluding hydrogens is 434 g/mol. The summed E-state index contributed by atoms with van der Waals surface area (Å²) in [5.41, 5.74) is 2.44. The molecule has 0 aliphatic rings. The van der Waals surface area contributed by atoms with Crippen LogP contribution in [0.25, 0.3) is 22.5 Å². The SMILES string of the molecule is CCOC(=O)CS(=O)(=O)Nc1nc(-c2ccc(OC)cc2)cc(-c2ccc(OC)cc2)n1. The fraction of sp³-hybridized carbons (Fsp3) is 0.227. The maximum atomic E-state index is 12.4. The number of hydrogen-bond acceptors (Lipinski definition) is 8. The number of ether oxygens (including phenoxy) is 3. The van der Waals surface area contributed by atoms with Gasteiger partial charge in [0, 0.05) is 11.1 Å². The van der Waals surface area contributed by atoms with Crippen molar-refractivity contribution in [1.29, 1.82) is 0 Å². The first kappa shape index (κ1) is 23.0. The number of aromatic nitrogens is 2. The lowest BCUT2D eigenvalue weighted by molar-refractivity contribution is -0.139. The first-order valence-electron chi connectivity index (χ1n) is 9.67. The Morgan fingerprint density at radius 1 is 0.875 bits per heavy atom. The third-order valence-electron chi connectivity index (χ3n) is 4.36. The highest BCUT2D eigenvalue weighted by Crippen LogP contribution is 2.28. The molecule has 9 nitrogen and oxygen atoms in total. The fourth-order valence-corrected chi connectivity index (χ4v) is 3.68. The Kier molecular flexibility index (Phi) is 7.26. The summed E-state index contributed by atoms with van der Waals surface area (Å²) in [7, 11) is -0.930. The molecule has 0 aliphatic heterocycles. The summed E-state index contributed by atoms with van der Waals surface area (Å²) in [4.78, 5) is 20.3. The first-order valence-corrected chi connectivity index (χ1v) is 11.3. The van der Waals surface area contributed by atoms with Gasteiger partial charge in [-0.1, -0.05) is 0 Å². The Bertz CT molecular complexity index is 1110. The van der Waals surface area contributed by atoms with Crippen LogP contribution >= 0.6 is 0 Å². The summed E-state index contributed by atoms with van der Waals surface area (Å²) < 4.78 is 42.2. The van der Waals surface area contributed by atoms with Gasteiger partial charge in [0.25, 0.3) is 0 Å². The van der Waals surface area contributed by atoms with Gasteiger partial charge >= 0.3 is 5.97 Å². The van der Waals surface area contributed by atoms with Crippen LogP contribution in [0.2, 0.25) is 0 Å². The molecule has 0 fully saturated rings. The Balaban J connectivity index is 2.02. The molecule has 0 atom stereocenters. The van der Waals surface area contributed by atoms with E-state index in [9.17, 15) is 13.2 Å². The maximum absolute atomic E-state index is 12.4. The summed E-state index contributed by atoms with van der Waals surface area (Å²) in [6.45, 7) is 1.68. The van der Waals surface area contributed by atoms with E-state index in [0.717, 1.165) is 11.1 Å². The minimum Gasteiger partial charge on any atom is -0.497 e. The van der Waals surface area contributed by atoms with Gasteiger partial charge in [-0.05, 0) is 61.5 Å². The monoisotopic (exact) mass is 457 g/mol. The van der Waals surface area contributed by atoms with Crippen LogP contribution < -0.4 is 14.2 Å². The number of rotatable bonds is 9. The summed E-state index contributed by atoms with van der Waals surface area (Å²) in [6.07, 6.45) is 0. The quantitative estimate of drug-likeness (QED) is 0.487. The number of nitrogens with one attached hydrogen (secondary N) is 1. The zero-order chi connectivity index (χ0) is 23.1. The fourth-order valence-electron chi connectivity index (χ4n) is 2.85. The van der Waals surface area contributed by atoms with Gasteiger partial charge in [0.15, 0.2) is 5.75 Å². The molecule has 10 heteroatoms. The highest BCUT2D eigenvalue weighted by molar-refractivity contribution is 7.93. The molecule has 0 saturated heterocycles. The molecule has 2 aromatic carbocycles. The molecule has 0 spiro atoms. The minimum atomic E-state index is -4.06. The average Bonchev–Trinajstić information content (AvgIpc) is 2.78. The zero-order valence-corrected chi connectivity index (χ0v) is 18.7. The van der Waals surface area contributed by atoms with E-state index in [2.05, 4.69) is 14.7 Å². The van der Waals surface area contributed by atoms with E-state index in [0.29, 0.717) is 22.9 Å². The van der Waals surface area contributed by atoms with E-state index in [1.165, 1.54) is 0 Å². The van der Waals surface area contributed by atoms with Crippen molar-refractivity contribution in [3.8, 4) is 34.0 Å². The standard InChI is InChI=1S/C22H23N3O6S/c1-4-31-21(26)14-32(27,28)25-22-23-19(15-5-9-17(29-2)10-6-15)13-20(24-22)16-7-11-18(30-3)12-8-16/h5-13H,4,14H2,1-3H3,(H,23,24,25). The zero-order valence-electron chi connectivity index (χ0n) is 17.9. The molecule has 168 valence electrons. The maximum Gasteiger partial charge on any atom is 0.323 e. The van der Waals surface area contributed by atoms with Crippen molar-refractivity contribution in [2.24, 2.45) is 0 Å². The number of carbonyl (C=O) groups is 1. The van der Waals surface area contributed by atoms with Crippen molar-refractivity contribution in [1.82, 2.24) is 9.97 Å². The van der Waals surface area contributed by atoms with Gasteiger partial charge in [-0.2, -0.15) is 0 Å². The molecule has 1 N–H and O–H groups in total. The van der Waals surface area contributed by atoms with Gasteiger partial charge in [0.2, 0.25) is 16.0 Å². The number of methoxy groups -OCH3 is 2. The van der Waals surface area contributed by atoms with E-state index >= 15 is 0 Å². The molecule has 0 radical (unpaired) electrons. The number of hydrogen-bond donors (Lipinski definition) is 1. The van der Waals surface area contributed by atoms with E-state index in [1.807, 2.05) is 0 Å². The van der Waals surface area contributed by atoms with E-state index in [-0.39, 0.29) is 12.6 Å². The largest absolute Gasteiger partial charge is 0.497 e. The van der Waals surface area contributed by atoms with Gasteiger partial charge in [-0.3, -0.25) is 9.52 Å². The Hall–Kier alpha value is -3.66. The van der Waals surface area contributed by atoms with E-state index in [1.54, 1.807) is 75.7 Å². The molecule has 3 rings (SSSR count). The number of carbonyl (C=O) groups excluding carboxylic acids is 1. The summed E-state index contributed by atoms with van der Waals surface area (Å²) in [5.74, 6) is -0.508. The van der Waals surface area contributed by atoms with Crippen molar-refractivity contribution in [2.75, 3.05) is 31.3 Å². The Morgan fingerprint density at radius 3 is 1.75 bits per heavy atom. The summed E-state index contributed by atoms with van der Waals surface area (Å²) >= 11 is 0. The molecule has 0 aliphatic carbocycles. The van der Waals surface area contributed by atoms with E-state index < -0.39 is 21.7 Å². The van der Waals surface area contributed by atoms with Crippen LogP contribution in [-0.4, -0.2) is 50.9 Å². The van der Waals surface area contributed by atoms with Crippen molar-refractivity contribution >= 4 is 21.9 Å². The van der Waals surface area contributed by atoms with Crippen LogP contribution in [0.5, 0.6) is 11.5 Å². The number of esters is 1. The molecule has 0 amide bonds. The van der Waals surface area contributed by atoms with Crippen LogP contribution in [0.3, 0.4) is 0 Å². The average molecular weight is 458 g/mol. The number of benzene rings is 2. The second-order valence-electron chi connectivity index (χ2n) is 6.59. The number of sulfonamides is 1. The molecule has 1 aromatic heterocycles. The number of nitrogens with zero attached hydrogens (tertiary/aromatic N) is 2. The lowest BCUT2D eigenvalue weighted by Gasteiger charge is -2.11. The van der Waals surface area contributed by atoms with Gasteiger partial charge in [0.05, 0.1) is 32.2 Å². The van der Waals surface area contributed by atoms with E-state index in [4.69, 9.17) is 14.2 Å². The van der Waals surface area contributed by atoms with Crippen molar-refractivity contribution in [3.05, 3.63) is 54.6 Å². The van der Waals surface area contributed by atoms with Gasteiger partial charge < -0.3 is 14.2 Å². The normalized spacial score (nSPS) is 11.0. The highest BCUT2D eigenvalue weighted by Gasteiger charge is 2.20. The molecule has 1 heterocycles. The highest BCUT2D eigenvalue weighted by atomic mass is 32.2. The first-order chi connectivity index (χ1) is 15.3. The topological polar surface area (TPSA) is 117 Å². The molecule has 0 saturated carbocycles. The molecule has 0 bridgehead atoms. The smallest absolute Gasteiger partial charge is 0.323 e. The van der Waals surface area contributed by atoms with Crippen LogP contribution in [-0.2, 0) is 19.6 Å². The third kappa shape index (κ3) is 5.94. The molecular formula is C22H23N3O6S. The van der Waals surface area contributed by atoms with Crippen LogP contribution in [0.4, 0.5) is 5.95 Å². The predicted molar refractivity (Wildman–Crippen MR) is 120 cm³/mol. The van der Waals surface area contributed by atoms with Gasteiger partial charge in [-0.25, -0.2) is 18.4 Å². The number of anilines is 1. The molecule has 0 unspecified atom stereocenters. The Labute approximate surface area is 186 Å². The lowest BCUT2D eigenvalue weighted by Crippen LogP contribution is -2.25. The second kappa shape index (κ2) is 10.1.